The standard InChI is InChI=1S/C11H11NO3/c1-6(13)7-3-4-8-9(5-7)11(15)12(2)10(8)14/h3-6,13H,1-2H3. The molecular formula is C11H11NO3. The highest BCUT2D eigenvalue weighted by molar-refractivity contribution is 6.21. The molecule has 2 amide bonds. The molecule has 0 spiro atoms. The third-order valence-corrected chi connectivity index (χ3v) is 2.60. The molecular weight excluding hydrogens is 194 g/mol. The molecule has 0 radical (unpaired) electrons. The predicted molar refractivity (Wildman–Crippen MR) is 53.5 cm³/mol. The van der Waals surface area contributed by atoms with Gasteiger partial charge in [-0.2, -0.15) is 0 Å². The average Bonchev–Trinajstić information content (AvgIpc) is 2.44. The van der Waals surface area contributed by atoms with Gasteiger partial charge in [0.15, 0.2) is 0 Å². The van der Waals surface area contributed by atoms with Crippen molar-refractivity contribution in [2.75, 3.05) is 7.05 Å². The molecule has 78 valence electrons. The number of aliphatic hydroxyl groups is 1. The molecule has 1 aliphatic heterocycles. The molecule has 0 saturated carbocycles. The Bertz CT molecular complexity index is 451. The summed E-state index contributed by atoms with van der Waals surface area (Å²) in [5, 5.41) is 9.36. The molecule has 15 heavy (non-hydrogen) atoms. The fourth-order valence-corrected chi connectivity index (χ4v) is 1.64. The van der Waals surface area contributed by atoms with Gasteiger partial charge in [0.1, 0.15) is 0 Å². The fourth-order valence-electron chi connectivity index (χ4n) is 1.64. The minimum atomic E-state index is -0.635. The van der Waals surface area contributed by atoms with Gasteiger partial charge in [0.05, 0.1) is 17.2 Å². The molecule has 4 nitrogen and oxygen atoms in total. The van der Waals surface area contributed by atoms with Gasteiger partial charge in [-0.25, -0.2) is 0 Å². The lowest BCUT2D eigenvalue weighted by Gasteiger charge is -2.04. The summed E-state index contributed by atoms with van der Waals surface area (Å²) in [7, 11) is 1.45. The summed E-state index contributed by atoms with van der Waals surface area (Å²) in [4.78, 5) is 24.2. The van der Waals surface area contributed by atoms with E-state index in [9.17, 15) is 14.7 Å². The number of nitrogens with zero attached hydrogens (tertiary/aromatic N) is 1. The van der Waals surface area contributed by atoms with Crippen LogP contribution in [0.4, 0.5) is 0 Å². The van der Waals surface area contributed by atoms with E-state index in [2.05, 4.69) is 0 Å². The molecule has 0 bridgehead atoms. The SMILES string of the molecule is CC(O)c1ccc2c(c1)C(=O)N(C)C2=O. The number of imide groups is 1. The van der Waals surface area contributed by atoms with Crippen molar-refractivity contribution in [2.24, 2.45) is 0 Å². The molecule has 1 heterocycles. The van der Waals surface area contributed by atoms with Gasteiger partial charge in [0.2, 0.25) is 0 Å². The van der Waals surface area contributed by atoms with E-state index in [0.29, 0.717) is 16.7 Å². The van der Waals surface area contributed by atoms with Gasteiger partial charge in [0.25, 0.3) is 11.8 Å². The lowest BCUT2D eigenvalue weighted by Crippen LogP contribution is -2.24. The van der Waals surface area contributed by atoms with Gasteiger partial charge in [-0.15, -0.1) is 0 Å². The van der Waals surface area contributed by atoms with Gasteiger partial charge in [0, 0.05) is 7.05 Å². The number of rotatable bonds is 1. The van der Waals surface area contributed by atoms with Gasteiger partial charge in [-0.1, -0.05) is 6.07 Å². The normalized spacial score (nSPS) is 16.9. The van der Waals surface area contributed by atoms with E-state index in [4.69, 9.17) is 0 Å². The van der Waals surface area contributed by atoms with Crippen molar-refractivity contribution in [3.8, 4) is 0 Å². The van der Waals surface area contributed by atoms with Crippen molar-refractivity contribution < 1.29 is 14.7 Å². The summed E-state index contributed by atoms with van der Waals surface area (Å²) >= 11 is 0. The monoisotopic (exact) mass is 205 g/mol. The Morgan fingerprint density at radius 2 is 1.80 bits per heavy atom. The molecule has 4 heteroatoms. The molecule has 0 saturated heterocycles. The second kappa shape index (κ2) is 3.17. The topological polar surface area (TPSA) is 57.6 Å². The summed E-state index contributed by atoms with van der Waals surface area (Å²) in [5.41, 5.74) is 1.43. The molecule has 1 aromatic carbocycles. The van der Waals surface area contributed by atoms with Gasteiger partial charge >= 0.3 is 0 Å². The highest BCUT2D eigenvalue weighted by Gasteiger charge is 2.32. The van der Waals surface area contributed by atoms with Crippen LogP contribution < -0.4 is 0 Å². The van der Waals surface area contributed by atoms with E-state index >= 15 is 0 Å². The van der Waals surface area contributed by atoms with E-state index in [1.165, 1.54) is 7.05 Å². The number of fused-ring (bicyclic) bond motifs is 1. The summed E-state index contributed by atoms with van der Waals surface area (Å²) in [5.74, 6) is -0.593. The number of benzene rings is 1. The maximum Gasteiger partial charge on any atom is 0.261 e. The molecule has 1 N–H and O–H groups in total. The first-order valence-electron chi connectivity index (χ1n) is 4.66. The minimum Gasteiger partial charge on any atom is -0.389 e. The Labute approximate surface area is 87.1 Å². The maximum absolute atomic E-state index is 11.6. The Kier molecular flexibility index (Phi) is 2.08. The minimum absolute atomic E-state index is 0.285. The lowest BCUT2D eigenvalue weighted by molar-refractivity contribution is 0.0693. The van der Waals surface area contributed by atoms with Crippen LogP contribution in [0.2, 0.25) is 0 Å². The van der Waals surface area contributed by atoms with Crippen molar-refractivity contribution in [3.05, 3.63) is 34.9 Å². The number of hydrogen-bond donors (Lipinski definition) is 1. The molecule has 0 aromatic heterocycles. The van der Waals surface area contributed by atoms with Crippen LogP contribution >= 0.6 is 0 Å². The largest absolute Gasteiger partial charge is 0.389 e. The average molecular weight is 205 g/mol. The van der Waals surface area contributed by atoms with Crippen molar-refractivity contribution in [2.45, 2.75) is 13.0 Å². The van der Waals surface area contributed by atoms with E-state index in [1.807, 2.05) is 0 Å². The Morgan fingerprint density at radius 1 is 1.20 bits per heavy atom. The number of aliphatic hydroxyl groups excluding tert-OH is 1. The third kappa shape index (κ3) is 1.34. The third-order valence-electron chi connectivity index (χ3n) is 2.60. The first kappa shape index (κ1) is 9.86. The second-order valence-electron chi connectivity index (χ2n) is 3.65. The Balaban J connectivity index is 2.57. The van der Waals surface area contributed by atoms with Crippen LogP contribution in [0.5, 0.6) is 0 Å². The fraction of sp³-hybridized carbons (Fsp3) is 0.273. The molecule has 1 atom stereocenters. The van der Waals surface area contributed by atoms with Crippen LogP contribution in [-0.4, -0.2) is 28.9 Å². The maximum atomic E-state index is 11.6. The zero-order valence-electron chi connectivity index (χ0n) is 8.52. The Morgan fingerprint density at radius 3 is 2.40 bits per heavy atom. The molecule has 1 aromatic rings. The first-order chi connectivity index (χ1) is 7.02. The van der Waals surface area contributed by atoms with Crippen molar-refractivity contribution in [1.29, 1.82) is 0 Å². The number of hydrogen-bond acceptors (Lipinski definition) is 3. The van der Waals surface area contributed by atoms with E-state index in [-0.39, 0.29) is 11.8 Å². The number of amides is 2. The zero-order valence-corrected chi connectivity index (χ0v) is 8.52. The number of carbonyl (C=O) groups excluding carboxylic acids is 2. The molecule has 0 aliphatic carbocycles. The quantitative estimate of drug-likeness (QED) is 0.695. The molecule has 2 rings (SSSR count). The molecule has 0 fully saturated rings. The van der Waals surface area contributed by atoms with Crippen molar-refractivity contribution >= 4 is 11.8 Å². The van der Waals surface area contributed by atoms with E-state index < -0.39 is 6.10 Å². The number of carbonyl (C=O) groups is 2. The van der Waals surface area contributed by atoms with E-state index in [0.717, 1.165) is 4.90 Å². The Hall–Kier alpha value is -1.68. The summed E-state index contributed by atoms with van der Waals surface area (Å²) in [6.45, 7) is 1.62. The highest BCUT2D eigenvalue weighted by Crippen LogP contribution is 2.24. The molecule has 1 unspecified atom stereocenters. The highest BCUT2D eigenvalue weighted by atomic mass is 16.3. The summed E-state index contributed by atoms with van der Waals surface area (Å²) < 4.78 is 0. The predicted octanol–water partition coefficient (Wildman–Crippen LogP) is 0.966. The molecule has 1 aliphatic rings. The van der Waals surface area contributed by atoms with Crippen LogP contribution in [0, 0.1) is 0 Å². The van der Waals surface area contributed by atoms with Gasteiger partial charge in [-0.3, -0.25) is 14.5 Å². The van der Waals surface area contributed by atoms with Crippen LogP contribution in [-0.2, 0) is 0 Å². The van der Waals surface area contributed by atoms with Crippen molar-refractivity contribution in [3.63, 3.8) is 0 Å². The van der Waals surface area contributed by atoms with Crippen LogP contribution in [0.1, 0.15) is 39.3 Å². The van der Waals surface area contributed by atoms with Crippen LogP contribution in [0.3, 0.4) is 0 Å². The smallest absolute Gasteiger partial charge is 0.261 e. The van der Waals surface area contributed by atoms with Crippen molar-refractivity contribution in [1.82, 2.24) is 4.90 Å². The van der Waals surface area contributed by atoms with Gasteiger partial charge in [-0.05, 0) is 24.6 Å². The summed E-state index contributed by atoms with van der Waals surface area (Å²) in [6.07, 6.45) is -0.635. The van der Waals surface area contributed by atoms with Crippen LogP contribution in [0.25, 0.3) is 0 Å². The lowest BCUT2D eigenvalue weighted by atomic mass is 10.0. The summed E-state index contributed by atoms with van der Waals surface area (Å²) in [6, 6.07) is 4.82. The van der Waals surface area contributed by atoms with E-state index in [1.54, 1.807) is 25.1 Å². The van der Waals surface area contributed by atoms with Gasteiger partial charge < -0.3 is 5.11 Å². The first-order valence-corrected chi connectivity index (χ1v) is 4.66. The zero-order chi connectivity index (χ0) is 11.2. The second-order valence-corrected chi connectivity index (χ2v) is 3.65. The van der Waals surface area contributed by atoms with Crippen LogP contribution in [0.15, 0.2) is 18.2 Å².